The molecule has 1 amide bonds. The van der Waals surface area contributed by atoms with Gasteiger partial charge in [0.15, 0.2) is 5.78 Å². The van der Waals surface area contributed by atoms with Gasteiger partial charge < -0.3 is 10.1 Å². The maximum Gasteiger partial charge on any atom is 0.234 e. The second-order valence-corrected chi connectivity index (χ2v) is 6.40. The van der Waals surface area contributed by atoms with E-state index in [9.17, 15) is 14.0 Å². The van der Waals surface area contributed by atoms with E-state index in [4.69, 9.17) is 4.74 Å². The molecule has 0 aliphatic carbocycles. The summed E-state index contributed by atoms with van der Waals surface area (Å²) in [6.07, 6.45) is 0.869. The van der Waals surface area contributed by atoms with Gasteiger partial charge in [-0.05, 0) is 37.6 Å². The number of Topliss-reactive ketones (excluding diaryl/α,β-unsaturated/α-hetero) is 1. The zero-order valence-corrected chi connectivity index (χ0v) is 15.0. The highest BCUT2D eigenvalue weighted by Gasteiger charge is 2.11. The lowest BCUT2D eigenvalue weighted by molar-refractivity contribution is -0.113. The number of anilines is 1. The second kappa shape index (κ2) is 9.22. The lowest BCUT2D eigenvalue weighted by Crippen LogP contribution is -2.15. The third-order valence-corrected chi connectivity index (χ3v) is 4.37. The molecule has 0 atom stereocenters. The lowest BCUT2D eigenvalue weighted by atomic mass is 10.1. The van der Waals surface area contributed by atoms with Crippen molar-refractivity contribution in [3.05, 3.63) is 53.8 Å². The molecule has 0 aliphatic rings. The van der Waals surface area contributed by atoms with Crippen LogP contribution in [0.15, 0.2) is 47.4 Å². The smallest absolute Gasteiger partial charge is 0.234 e. The van der Waals surface area contributed by atoms with Gasteiger partial charge in [-0.15, -0.1) is 11.8 Å². The predicted octanol–water partition coefficient (Wildman–Crippen LogP) is 4.55. The summed E-state index contributed by atoms with van der Waals surface area (Å²) < 4.78 is 19.6. The molecule has 0 aromatic heterocycles. The summed E-state index contributed by atoms with van der Waals surface area (Å²) in [5, 5.41) is 2.78. The SMILES string of the molecule is CCCOc1ccccc1NC(=O)CSc1ccc(C(C)=O)cc1F. The number of hydrogen-bond acceptors (Lipinski definition) is 4. The molecule has 0 heterocycles. The highest BCUT2D eigenvalue weighted by molar-refractivity contribution is 8.00. The lowest BCUT2D eigenvalue weighted by Gasteiger charge is -2.12. The van der Waals surface area contributed by atoms with Crippen molar-refractivity contribution in [2.75, 3.05) is 17.7 Å². The molecule has 25 heavy (non-hydrogen) atoms. The molecule has 0 aliphatic heterocycles. The van der Waals surface area contributed by atoms with Crippen molar-refractivity contribution in [1.29, 1.82) is 0 Å². The van der Waals surface area contributed by atoms with E-state index in [0.717, 1.165) is 18.2 Å². The van der Waals surface area contributed by atoms with E-state index in [0.29, 0.717) is 28.5 Å². The van der Waals surface area contributed by atoms with Gasteiger partial charge >= 0.3 is 0 Å². The Hall–Kier alpha value is -2.34. The predicted molar refractivity (Wildman–Crippen MR) is 98.0 cm³/mol. The normalized spacial score (nSPS) is 10.4. The molecule has 132 valence electrons. The Morgan fingerprint density at radius 3 is 2.64 bits per heavy atom. The average molecular weight is 361 g/mol. The summed E-state index contributed by atoms with van der Waals surface area (Å²) >= 11 is 1.08. The van der Waals surface area contributed by atoms with Crippen LogP contribution in [0.2, 0.25) is 0 Å². The van der Waals surface area contributed by atoms with Crippen LogP contribution >= 0.6 is 11.8 Å². The third kappa shape index (κ3) is 5.60. The first-order chi connectivity index (χ1) is 12.0. The van der Waals surface area contributed by atoms with Crippen molar-refractivity contribution in [3.8, 4) is 5.75 Å². The van der Waals surface area contributed by atoms with Crippen LogP contribution in [0.5, 0.6) is 5.75 Å². The first-order valence-corrected chi connectivity index (χ1v) is 8.94. The zero-order valence-electron chi connectivity index (χ0n) is 14.2. The van der Waals surface area contributed by atoms with Crippen molar-refractivity contribution in [3.63, 3.8) is 0 Å². The fourth-order valence-electron chi connectivity index (χ4n) is 2.07. The zero-order chi connectivity index (χ0) is 18.2. The van der Waals surface area contributed by atoms with Crippen LogP contribution < -0.4 is 10.1 Å². The number of ether oxygens (including phenoxy) is 1. The first-order valence-electron chi connectivity index (χ1n) is 7.96. The van der Waals surface area contributed by atoms with Crippen LogP contribution in [0.3, 0.4) is 0 Å². The Kier molecular flexibility index (Phi) is 7.01. The number of rotatable bonds is 8. The van der Waals surface area contributed by atoms with Crippen molar-refractivity contribution >= 4 is 29.1 Å². The monoisotopic (exact) mass is 361 g/mol. The van der Waals surface area contributed by atoms with E-state index in [-0.39, 0.29) is 17.4 Å². The number of amides is 1. The Bertz CT molecular complexity index is 764. The molecular weight excluding hydrogens is 341 g/mol. The molecule has 0 saturated heterocycles. The molecular formula is C19H20FNO3S. The highest BCUT2D eigenvalue weighted by atomic mass is 32.2. The maximum atomic E-state index is 14.0. The quantitative estimate of drug-likeness (QED) is 0.554. The standard InChI is InChI=1S/C19H20FNO3S/c1-3-10-24-17-7-5-4-6-16(17)21-19(23)12-25-18-9-8-14(13(2)22)11-15(18)20/h4-9,11H,3,10,12H2,1-2H3,(H,21,23). The minimum absolute atomic E-state index is 0.0540. The molecule has 2 aromatic carbocycles. The topological polar surface area (TPSA) is 55.4 Å². The van der Waals surface area contributed by atoms with E-state index in [1.165, 1.54) is 19.1 Å². The molecule has 0 unspecified atom stereocenters. The van der Waals surface area contributed by atoms with E-state index < -0.39 is 5.82 Å². The van der Waals surface area contributed by atoms with Gasteiger partial charge in [-0.25, -0.2) is 4.39 Å². The molecule has 4 nitrogen and oxygen atoms in total. The molecule has 0 fully saturated rings. The van der Waals surface area contributed by atoms with Gasteiger partial charge in [0, 0.05) is 10.5 Å². The summed E-state index contributed by atoms with van der Waals surface area (Å²) in [6, 6.07) is 11.5. The van der Waals surface area contributed by atoms with Crippen molar-refractivity contribution in [1.82, 2.24) is 0 Å². The van der Waals surface area contributed by atoms with Crippen LogP contribution in [-0.4, -0.2) is 24.1 Å². The van der Waals surface area contributed by atoms with Crippen LogP contribution in [0.1, 0.15) is 30.6 Å². The van der Waals surface area contributed by atoms with Gasteiger partial charge in [0.2, 0.25) is 5.91 Å². The van der Waals surface area contributed by atoms with Crippen LogP contribution in [-0.2, 0) is 4.79 Å². The number of thioether (sulfide) groups is 1. The van der Waals surface area contributed by atoms with Crippen molar-refractivity contribution in [2.45, 2.75) is 25.2 Å². The maximum absolute atomic E-state index is 14.0. The summed E-state index contributed by atoms with van der Waals surface area (Å²) in [5.41, 5.74) is 0.905. The van der Waals surface area contributed by atoms with Gasteiger partial charge in [-0.1, -0.05) is 25.1 Å². The molecule has 0 saturated carbocycles. The third-order valence-electron chi connectivity index (χ3n) is 3.32. The van der Waals surface area contributed by atoms with Gasteiger partial charge in [-0.3, -0.25) is 9.59 Å². The van der Waals surface area contributed by atoms with Crippen LogP contribution in [0.25, 0.3) is 0 Å². The molecule has 1 N–H and O–H groups in total. The minimum atomic E-state index is -0.503. The number of halogens is 1. The second-order valence-electron chi connectivity index (χ2n) is 5.38. The van der Waals surface area contributed by atoms with E-state index in [1.54, 1.807) is 18.2 Å². The first kappa shape index (κ1) is 19.0. The van der Waals surface area contributed by atoms with E-state index >= 15 is 0 Å². The van der Waals surface area contributed by atoms with Crippen LogP contribution in [0, 0.1) is 5.82 Å². The Morgan fingerprint density at radius 2 is 1.96 bits per heavy atom. The Morgan fingerprint density at radius 1 is 1.20 bits per heavy atom. The molecule has 2 rings (SSSR count). The van der Waals surface area contributed by atoms with Gasteiger partial charge in [0.25, 0.3) is 0 Å². The molecule has 2 aromatic rings. The number of para-hydroxylation sites is 2. The molecule has 0 bridgehead atoms. The minimum Gasteiger partial charge on any atom is -0.491 e. The number of benzene rings is 2. The fourth-order valence-corrected chi connectivity index (χ4v) is 2.79. The largest absolute Gasteiger partial charge is 0.491 e. The number of hydrogen-bond donors (Lipinski definition) is 1. The van der Waals surface area contributed by atoms with E-state index in [1.807, 2.05) is 19.1 Å². The fraction of sp³-hybridized carbons (Fsp3) is 0.263. The van der Waals surface area contributed by atoms with Crippen molar-refractivity contribution < 1.29 is 18.7 Å². The number of carbonyl (C=O) groups excluding carboxylic acids is 2. The summed E-state index contributed by atoms with van der Waals surface area (Å²) in [4.78, 5) is 23.7. The Balaban J connectivity index is 1.96. The highest BCUT2D eigenvalue weighted by Crippen LogP contribution is 2.26. The van der Waals surface area contributed by atoms with Gasteiger partial charge in [0.05, 0.1) is 18.0 Å². The van der Waals surface area contributed by atoms with E-state index in [2.05, 4.69) is 5.32 Å². The van der Waals surface area contributed by atoms with Crippen LogP contribution in [0.4, 0.5) is 10.1 Å². The molecule has 0 radical (unpaired) electrons. The molecule has 0 spiro atoms. The molecule has 6 heteroatoms. The summed E-state index contributed by atoms with van der Waals surface area (Å²) in [7, 11) is 0. The Labute approximate surface area is 150 Å². The van der Waals surface area contributed by atoms with Gasteiger partial charge in [-0.2, -0.15) is 0 Å². The van der Waals surface area contributed by atoms with Gasteiger partial charge in [0.1, 0.15) is 11.6 Å². The van der Waals surface area contributed by atoms with Crippen molar-refractivity contribution in [2.24, 2.45) is 0 Å². The number of ketones is 1. The summed E-state index contributed by atoms with van der Waals surface area (Å²) in [6.45, 7) is 3.95. The number of nitrogens with one attached hydrogen (secondary N) is 1. The summed E-state index contributed by atoms with van der Waals surface area (Å²) in [5.74, 6) is -0.292. The number of carbonyl (C=O) groups is 2. The average Bonchev–Trinajstić information content (AvgIpc) is 2.59.